The van der Waals surface area contributed by atoms with E-state index in [9.17, 15) is 5.11 Å². The molecular formula is C14H20BrNO3Te. The molecule has 6 heteroatoms. The van der Waals surface area contributed by atoms with Gasteiger partial charge in [-0.1, -0.05) is 0 Å². The first-order valence-electron chi connectivity index (χ1n) is 6.75. The minimum absolute atomic E-state index is 0.322. The zero-order valence-electron chi connectivity index (χ0n) is 12.0. The molecule has 0 amide bonds. The van der Waals surface area contributed by atoms with Gasteiger partial charge in [-0.3, -0.25) is 0 Å². The summed E-state index contributed by atoms with van der Waals surface area (Å²) in [5.41, 5.74) is 1.73. The van der Waals surface area contributed by atoms with E-state index in [4.69, 9.17) is 9.47 Å². The first kappa shape index (κ1) is 16.5. The van der Waals surface area contributed by atoms with Crippen LogP contribution < -0.4 is 3.74 Å². The number of halogens is 1. The van der Waals surface area contributed by atoms with Crippen LogP contribution in [-0.4, -0.2) is 36.8 Å². The van der Waals surface area contributed by atoms with Crippen molar-refractivity contribution in [2.24, 2.45) is 0 Å². The molecule has 2 rings (SSSR count). The summed E-state index contributed by atoms with van der Waals surface area (Å²) in [6, 6.07) is 0. The Morgan fingerprint density at radius 3 is 2.60 bits per heavy atom. The van der Waals surface area contributed by atoms with Crippen molar-refractivity contribution in [2.45, 2.75) is 57.1 Å². The van der Waals surface area contributed by atoms with Crippen LogP contribution in [0.5, 0.6) is 5.75 Å². The molecule has 0 atom stereocenters. The maximum atomic E-state index is 10.5. The summed E-state index contributed by atoms with van der Waals surface area (Å²) in [5, 5.41) is 10.5. The molecule has 0 radical (unpaired) electrons. The van der Waals surface area contributed by atoms with Crippen LogP contribution in [0.1, 0.15) is 44.7 Å². The van der Waals surface area contributed by atoms with Crippen molar-refractivity contribution in [1.82, 2.24) is 4.98 Å². The number of nitrogens with zero attached hydrogens (tertiary/aromatic N) is 1. The Kier molecular flexibility index (Phi) is 5.72. The van der Waals surface area contributed by atoms with Crippen LogP contribution >= 0.6 is 15.9 Å². The minimum atomic E-state index is -0.635. The zero-order chi connectivity index (χ0) is 14.8. The van der Waals surface area contributed by atoms with E-state index in [0.717, 1.165) is 23.9 Å². The number of hydrogen-bond acceptors (Lipinski definition) is 4. The average Bonchev–Trinajstić information content (AvgIpc) is 2.55. The second-order valence-corrected chi connectivity index (χ2v) is 9.04. The zero-order valence-corrected chi connectivity index (χ0v) is 15.9. The third-order valence-corrected chi connectivity index (χ3v) is 6.82. The van der Waals surface area contributed by atoms with Crippen LogP contribution in [-0.2, 0) is 22.7 Å². The van der Waals surface area contributed by atoms with Gasteiger partial charge in [0.1, 0.15) is 0 Å². The number of rotatable bonds is 4. The molecule has 112 valence electrons. The molecule has 0 aromatic carbocycles. The van der Waals surface area contributed by atoms with Gasteiger partial charge in [-0.25, -0.2) is 0 Å². The van der Waals surface area contributed by atoms with Gasteiger partial charge in [0.15, 0.2) is 0 Å². The van der Waals surface area contributed by atoms with Gasteiger partial charge in [-0.15, -0.1) is 0 Å². The Morgan fingerprint density at radius 1 is 1.30 bits per heavy atom. The number of pyridine rings is 1. The van der Waals surface area contributed by atoms with Gasteiger partial charge in [0.05, 0.1) is 0 Å². The number of hydrogen-bond donors (Lipinski definition) is 1. The number of ether oxygens (including phenoxy) is 2. The number of fused-ring (bicyclic) bond motifs is 1. The summed E-state index contributed by atoms with van der Waals surface area (Å²) in [4.78, 5) is 4.54. The molecule has 4 nitrogen and oxygen atoms in total. The van der Waals surface area contributed by atoms with Gasteiger partial charge < -0.3 is 0 Å². The third-order valence-electron chi connectivity index (χ3n) is 3.17. The van der Waals surface area contributed by atoms with E-state index < -0.39 is 26.7 Å². The fourth-order valence-electron chi connectivity index (χ4n) is 1.86. The Balaban J connectivity index is 2.29. The molecule has 1 aromatic rings. The SMILES string of the molecule is CCCC[Te]c1nc(Br)c2c(c1O)COC(C)(C)OC2. The molecule has 0 spiro atoms. The van der Waals surface area contributed by atoms with Crippen molar-refractivity contribution in [3.63, 3.8) is 0 Å². The van der Waals surface area contributed by atoms with Crippen LogP contribution in [0, 0.1) is 0 Å². The van der Waals surface area contributed by atoms with Crippen molar-refractivity contribution in [1.29, 1.82) is 0 Å². The van der Waals surface area contributed by atoms with E-state index in [1.165, 1.54) is 12.8 Å². The van der Waals surface area contributed by atoms with E-state index in [2.05, 4.69) is 27.8 Å². The molecule has 2 heterocycles. The Labute approximate surface area is 138 Å². The molecule has 0 bridgehead atoms. The number of aromatic nitrogens is 1. The number of unbranched alkanes of at least 4 members (excludes halogenated alkanes) is 1. The molecule has 0 unspecified atom stereocenters. The molecular weight excluding hydrogens is 438 g/mol. The molecule has 0 saturated carbocycles. The Morgan fingerprint density at radius 2 is 1.95 bits per heavy atom. The van der Waals surface area contributed by atoms with Crippen LogP contribution in [0.15, 0.2) is 4.60 Å². The predicted molar refractivity (Wildman–Crippen MR) is 82.4 cm³/mol. The summed E-state index contributed by atoms with van der Waals surface area (Å²) >= 11 is 3.07. The Hall–Kier alpha value is 0.140. The monoisotopic (exact) mass is 459 g/mol. The van der Waals surface area contributed by atoms with Gasteiger partial charge in [0.2, 0.25) is 0 Å². The average molecular weight is 458 g/mol. The van der Waals surface area contributed by atoms with Gasteiger partial charge in [0, 0.05) is 0 Å². The standard InChI is InChI=1S/C14H20BrNO3Te/c1-4-5-6-20-13-11(17)9-7-18-14(2,3)19-8-10(9)12(15)16-13/h17H,4-8H2,1-3H3. The summed E-state index contributed by atoms with van der Waals surface area (Å²) in [6.07, 6.45) is 2.38. The Bertz CT molecular complexity index is 494. The van der Waals surface area contributed by atoms with Gasteiger partial charge >= 0.3 is 139 Å². The quantitative estimate of drug-likeness (QED) is 0.429. The molecule has 20 heavy (non-hydrogen) atoms. The van der Waals surface area contributed by atoms with Crippen LogP contribution in [0.25, 0.3) is 0 Å². The maximum absolute atomic E-state index is 10.5. The van der Waals surface area contributed by atoms with Crippen molar-refractivity contribution < 1.29 is 14.6 Å². The summed E-state index contributed by atoms with van der Waals surface area (Å²) in [5.74, 6) is -0.313. The van der Waals surface area contributed by atoms with Crippen LogP contribution in [0.4, 0.5) is 0 Å². The molecule has 1 aliphatic heterocycles. The normalized spacial score (nSPS) is 17.6. The van der Waals surface area contributed by atoms with Crippen molar-refractivity contribution in [3.8, 4) is 5.75 Å². The first-order valence-corrected chi connectivity index (χ1v) is 10.4. The predicted octanol–water partition coefficient (Wildman–Crippen LogP) is 2.88. The van der Waals surface area contributed by atoms with E-state index in [-0.39, 0.29) is 0 Å². The summed E-state index contributed by atoms with van der Waals surface area (Å²) < 4.78 is 14.2. The van der Waals surface area contributed by atoms with Crippen molar-refractivity contribution in [2.75, 3.05) is 0 Å². The van der Waals surface area contributed by atoms with Crippen LogP contribution in [0.3, 0.4) is 0 Å². The van der Waals surface area contributed by atoms with E-state index in [1.807, 2.05) is 13.8 Å². The van der Waals surface area contributed by atoms with E-state index in [0.29, 0.717) is 19.0 Å². The van der Waals surface area contributed by atoms with E-state index in [1.54, 1.807) is 0 Å². The van der Waals surface area contributed by atoms with Crippen LogP contribution in [0.2, 0.25) is 4.47 Å². The molecule has 0 aliphatic carbocycles. The molecule has 0 fully saturated rings. The molecule has 1 aromatic heterocycles. The van der Waals surface area contributed by atoms with Crippen molar-refractivity contribution in [3.05, 3.63) is 15.7 Å². The van der Waals surface area contributed by atoms with Gasteiger partial charge in [-0.05, 0) is 0 Å². The molecule has 0 saturated heterocycles. The summed E-state index contributed by atoms with van der Waals surface area (Å²) in [7, 11) is 0. The van der Waals surface area contributed by atoms with Gasteiger partial charge in [0.25, 0.3) is 0 Å². The van der Waals surface area contributed by atoms with Gasteiger partial charge in [-0.2, -0.15) is 0 Å². The van der Waals surface area contributed by atoms with Crippen molar-refractivity contribution >= 4 is 40.6 Å². The second kappa shape index (κ2) is 6.93. The first-order chi connectivity index (χ1) is 9.44. The number of aromatic hydroxyl groups is 1. The topological polar surface area (TPSA) is 51.6 Å². The van der Waals surface area contributed by atoms with E-state index >= 15 is 0 Å². The summed E-state index contributed by atoms with van der Waals surface area (Å²) in [6.45, 7) is 6.71. The second-order valence-electron chi connectivity index (χ2n) is 5.19. The molecule has 1 N–H and O–H groups in total. The third kappa shape index (κ3) is 3.86. The fraction of sp³-hybridized carbons (Fsp3) is 0.643. The fourth-order valence-corrected chi connectivity index (χ4v) is 5.73. The molecule has 1 aliphatic rings.